The van der Waals surface area contributed by atoms with E-state index in [1.54, 1.807) is 0 Å². The number of hydrogen-bond acceptors (Lipinski definition) is 4. The van der Waals surface area contributed by atoms with Crippen LogP contribution in [0.2, 0.25) is 0 Å². The van der Waals surface area contributed by atoms with Crippen molar-refractivity contribution in [1.29, 1.82) is 0 Å². The number of benzene rings is 2. The van der Waals surface area contributed by atoms with Gasteiger partial charge < -0.3 is 10.5 Å². The first-order valence-corrected chi connectivity index (χ1v) is 9.08. The molecule has 0 heterocycles. The minimum Gasteiger partial charge on any atom is -0.493 e. The van der Waals surface area contributed by atoms with E-state index in [1.807, 2.05) is 24.3 Å². The maximum absolute atomic E-state index is 11.1. The smallest absolute Gasteiger partial charge is 0.147 e. The zero-order chi connectivity index (χ0) is 15.3. The summed E-state index contributed by atoms with van der Waals surface area (Å²) in [5.74, 6) is 0.944. The molecule has 0 aliphatic heterocycles. The molecule has 21 heavy (non-hydrogen) atoms. The summed E-state index contributed by atoms with van der Waals surface area (Å²) in [5, 5.41) is 2.30. The van der Waals surface area contributed by atoms with Gasteiger partial charge in [-0.25, -0.2) is 8.42 Å². The van der Waals surface area contributed by atoms with Crippen LogP contribution < -0.4 is 10.5 Å². The van der Waals surface area contributed by atoms with Crippen molar-refractivity contribution in [2.45, 2.75) is 12.8 Å². The number of nitrogens with two attached hydrogens (primary N) is 1. The van der Waals surface area contributed by atoms with Crippen LogP contribution in [0.3, 0.4) is 0 Å². The van der Waals surface area contributed by atoms with Crippen LogP contribution >= 0.6 is 0 Å². The third kappa shape index (κ3) is 4.44. The quantitative estimate of drug-likeness (QED) is 0.796. The van der Waals surface area contributed by atoms with Crippen LogP contribution in [-0.4, -0.2) is 33.6 Å². The predicted molar refractivity (Wildman–Crippen MR) is 86.5 cm³/mol. The maximum Gasteiger partial charge on any atom is 0.147 e. The molecule has 2 rings (SSSR count). The van der Waals surface area contributed by atoms with Crippen molar-refractivity contribution in [1.82, 2.24) is 0 Å². The Balaban J connectivity index is 2.17. The Morgan fingerprint density at radius 3 is 2.62 bits per heavy atom. The van der Waals surface area contributed by atoms with Gasteiger partial charge in [0.1, 0.15) is 15.6 Å². The van der Waals surface area contributed by atoms with Gasteiger partial charge in [-0.1, -0.05) is 30.3 Å². The standard InChI is InChI=1S/C16H21NO3S/c1-21(18,19)12-4-11-20-16-8-7-13-5-2-3-6-14(13)15(16)9-10-17/h2-3,5-8H,4,9-12,17H2,1H3. The highest BCUT2D eigenvalue weighted by Gasteiger charge is 2.09. The second-order valence-corrected chi connectivity index (χ2v) is 7.39. The molecule has 114 valence electrons. The van der Waals surface area contributed by atoms with E-state index in [2.05, 4.69) is 12.1 Å². The van der Waals surface area contributed by atoms with Gasteiger partial charge in [0.05, 0.1) is 12.4 Å². The van der Waals surface area contributed by atoms with E-state index in [9.17, 15) is 8.42 Å². The fraction of sp³-hybridized carbons (Fsp3) is 0.375. The fourth-order valence-corrected chi connectivity index (χ4v) is 3.00. The lowest BCUT2D eigenvalue weighted by atomic mass is 10.0. The van der Waals surface area contributed by atoms with E-state index < -0.39 is 9.84 Å². The number of ether oxygens (including phenoxy) is 1. The van der Waals surface area contributed by atoms with E-state index in [4.69, 9.17) is 10.5 Å². The van der Waals surface area contributed by atoms with Crippen LogP contribution in [0.4, 0.5) is 0 Å². The molecular weight excluding hydrogens is 286 g/mol. The van der Waals surface area contributed by atoms with Gasteiger partial charge in [-0.15, -0.1) is 0 Å². The molecule has 0 saturated carbocycles. The highest BCUT2D eigenvalue weighted by Crippen LogP contribution is 2.28. The number of hydrogen-bond donors (Lipinski definition) is 1. The first-order valence-electron chi connectivity index (χ1n) is 7.02. The molecule has 0 amide bonds. The molecule has 0 aliphatic rings. The molecular formula is C16H21NO3S. The van der Waals surface area contributed by atoms with Gasteiger partial charge in [-0.2, -0.15) is 0 Å². The van der Waals surface area contributed by atoms with E-state index in [1.165, 1.54) is 6.26 Å². The van der Waals surface area contributed by atoms with Gasteiger partial charge in [-0.05, 0) is 36.2 Å². The zero-order valence-corrected chi connectivity index (χ0v) is 13.0. The van der Waals surface area contributed by atoms with Crippen LogP contribution in [0.1, 0.15) is 12.0 Å². The molecule has 2 N–H and O–H groups in total. The Bertz CT molecular complexity index is 711. The van der Waals surface area contributed by atoms with Crippen molar-refractivity contribution in [3.63, 3.8) is 0 Å². The summed E-state index contributed by atoms with van der Waals surface area (Å²) in [7, 11) is -2.93. The van der Waals surface area contributed by atoms with Crippen LogP contribution in [0, 0.1) is 0 Å². The van der Waals surface area contributed by atoms with Crippen LogP contribution in [0.15, 0.2) is 36.4 Å². The van der Waals surface area contributed by atoms with Crippen molar-refractivity contribution in [2.75, 3.05) is 25.2 Å². The van der Waals surface area contributed by atoms with Crippen LogP contribution in [0.5, 0.6) is 5.75 Å². The Morgan fingerprint density at radius 2 is 1.90 bits per heavy atom. The highest BCUT2D eigenvalue weighted by molar-refractivity contribution is 7.90. The summed E-state index contributed by atoms with van der Waals surface area (Å²) in [6, 6.07) is 12.1. The second kappa shape index (κ2) is 6.91. The Labute approximate surface area is 125 Å². The van der Waals surface area contributed by atoms with Crippen LogP contribution in [0.25, 0.3) is 10.8 Å². The minimum absolute atomic E-state index is 0.146. The molecule has 2 aromatic carbocycles. The average molecular weight is 307 g/mol. The number of rotatable bonds is 7. The Kier molecular flexibility index (Phi) is 5.20. The molecule has 0 radical (unpaired) electrons. The first kappa shape index (κ1) is 15.8. The lowest BCUT2D eigenvalue weighted by molar-refractivity contribution is 0.315. The molecule has 0 aromatic heterocycles. The fourth-order valence-electron chi connectivity index (χ4n) is 2.36. The summed E-state index contributed by atoms with van der Waals surface area (Å²) >= 11 is 0. The molecule has 0 spiro atoms. The number of fused-ring (bicyclic) bond motifs is 1. The van der Waals surface area contributed by atoms with Crippen molar-refractivity contribution in [3.8, 4) is 5.75 Å². The average Bonchev–Trinajstić information content (AvgIpc) is 2.44. The molecule has 0 saturated heterocycles. The number of sulfone groups is 1. The highest BCUT2D eigenvalue weighted by atomic mass is 32.2. The summed E-state index contributed by atoms with van der Waals surface area (Å²) in [6.45, 7) is 0.941. The Hall–Kier alpha value is -1.59. The van der Waals surface area contributed by atoms with Crippen LogP contribution in [-0.2, 0) is 16.3 Å². The molecule has 0 atom stereocenters. The van der Waals surface area contributed by atoms with Crippen molar-refractivity contribution in [2.24, 2.45) is 5.73 Å². The first-order chi connectivity index (χ1) is 10.0. The van der Waals surface area contributed by atoms with Gasteiger partial charge >= 0.3 is 0 Å². The molecule has 0 aliphatic carbocycles. The topological polar surface area (TPSA) is 69.4 Å². The van der Waals surface area contributed by atoms with E-state index in [0.717, 1.165) is 28.5 Å². The van der Waals surface area contributed by atoms with Crippen molar-refractivity contribution < 1.29 is 13.2 Å². The monoisotopic (exact) mass is 307 g/mol. The summed E-state index contributed by atoms with van der Waals surface area (Å²) in [4.78, 5) is 0. The summed E-state index contributed by atoms with van der Waals surface area (Å²) in [6.07, 6.45) is 2.47. The van der Waals surface area contributed by atoms with Gasteiger partial charge in [0.15, 0.2) is 0 Å². The lowest BCUT2D eigenvalue weighted by Gasteiger charge is -2.13. The third-order valence-electron chi connectivity index (χ3n) is 3.31. The predicted octanol–water partition coefficient (Wildman–Crippen LogP) is 2.15. The van der Waals surface area contributed by atoms with Crippen molar-refractivity contribution in [3.05, 3.63) is 42.0 Å². The minimum atomic E-state index is -2.93. The maximum atomic E-state index is 11.1. The lowest BCUT2D eigenvalue weighted by Crippen LogP contribution is -2.10. The molecule has 0 unspecified atom stereocenters. The molecule has 2 aromatic rings. The van der Waals surface area contributed by atoms with E-state index >= 15 is 0 Å². The Morgan fingerprint density at radius 1 is 1.14 bits per heavy atom. The molecule has 0 fully saturated rings. The molecule has 5 heteroatoms. The van der Waals surface area contributed by atoms with Gasteiger partial charge in [0.25, 0.3) is 0 Å². The van der Waals surface area contributed by atoms with E-state index in [0.29, 0.717) is 19.6 Å². The summed E-state index contributed by atoms with van der Waals surface area (Å²) < 4.78 is 28.0. The normalized spacial score (nSPS) is 11.7. The second-order valence-electron chi connectivity index (χ2n) is 5.13. The third-order valence-corrected chi connectivity index (χ3v) is 4.34. The van der Waals surface area contributed by atoms with Gasteiger partial charge in [0.2, 0.25) is 0 Å². The molecule has 0 bridgehead atoms. The summed E-state index contributed by atoms with van der Waals surface area (Å²) in [5.41, 5.74) is 6.79. The largest absolute Gasteiger partial charge is 0.493 e. The van der Waals surface area contributed by atoms with Gasteiger partial charge in [-0.3, -0.25) is 0 Å². The van der Waals surface area contributed by atoms with Gasteiger partial charge in [0, 0.05) is 11.8 Å². The SMILES string of the molecule is CS(=O)(=O)CCCOc1ccc2ccccc2c1CCN. The molecule has 4 nitrogen and oxygen atoms in total. The van der Waals surface area contributed by atoms with E-state index in [-0.39, 0.29) is 5.75 Å². The van der Waals surface area contributed by atoms with Crippen molar-refractivity contribution >= 4 is 20.6 Å². The zero-order valence-electron chi connectivity index (χ0n) is 12.2.